The molecule has 1 heterocycles. The Morgan fingerprint density at radius 1 is 1.53 bits per heavy atom. The average Bonchev–Trinajstić information content (AvgIpc) is 2.61. The number of aromatic carboxylic acids is 1. The van der Waals surface area contributed by atoms with Crippen LogP contribution in [0.2, 0.25) is 0 Å². The molecule has 2 amide bonds. The summed E-state index contributed by atoms with van der Waals surface area (Å²) < 4.78 is 0. The fourth-order valence-corrected chi connectivity index (χ4v) is 2.02. The van der Waals surface area contributed by atoms with Gasteiger partial charge in [-0.2, -0.15) is 0 Å². The number of thiophene rings is 1. The molecule has 0 aliphatic rings. The lowest BCUT2D eigenvalue weighted by Crippen LogP contribution is -2.24. The molecule has 0 unspecified atom stereocenters. The molecule has 6 heteroatoms. The van der Waals surface area contributed by atoms with Gasteiger partial charge in [-0.05, 0) is 12.5 Å². The third-order valence-corrected chi connectivity index (χ3v) is 3.01. The van der Waals surface area contributed by atoms with E-state index in [-0.39, 0.29) is 5.56 Å². The number of rotatable bonds is 3. The summed E-state index contributed by atoms with van der Waals surface area (Å²) in [6.45, 7) is 1.93. The molecule has 0 radical (unpaired) electrons. The van der Waals surface area contributed by atoms with Crippen molar-refractivity contribution < 1.29 is 14.7 Å². The third-order valence-electron chi connectivity index (χ3n) is 1.82. The van der Waals surface area contributed by atoms with Crippen molar-refractivity contribution >= 4 is 28.3 Å². The summed E-state index contributed by atoms with van der Waals surface area (Å²) in [5, 5.41) is 14.1. The minimum atomic E-state index is -1.03. The Labute approximate surface area is 91.1 Å². The fraction of sp³-hybridized carbons (Fsp3) is 0.333. The van der Waals surface area contributed by atoms with Gasteiger partial charge in [-0.25, -0.2) is 9.59 Å². The minimum absolute atomic E-state index is 0.139. The normalized spacial score (nSPS) is 9.73. The van der Waals surface area contributed by atoms with E-state index >= 15 is 0 Å². The second kappa shape index (κ2) is 4.79. The molecule has 1 aromatic heterocycles. The Balaban J connectivity index is 2.98. The van der Waals surface area contributed by atoms with E-state index in [1.807, 2.05) is 6.92 Å². The van der Waals surface area contributed by atoms with E-state index < -0.39 is 12.0 Å². The molecule has 0 bridgehead atoms. The average molecular weight is 228 g/mol. The van der Waals surface area contributed by atoms with Crippen LogP contribution >= 0.6 is 11.3 Å². The van der Waals surface area contributed by atoms with Crippen molar-refractivity contribution in [2.75, 3.05) is 12.4 Å². The number of anilines is 1. The molecule has 82 valence electrons. The summed E-state index contributed by atoms with van der Waals surface area (Å²) in [7, 11) is 1.48. The van der Waals surface area contributed by atoms with Gasteiger partial charge in [0.15, 0.2) is 0 Å². The topological polar surface area (TPSA) is 78.4 Å². The number of urea groups is 1. The molecule has 15 heavy (non-hydrogen) atoms. The molecule has 0 saturated carbocycles. The van der Waals surface area contributed by atoms with Gasteiger partial charge in [-0.15, -0.1) is 11.3 Å². The Kier molecular flexibility index (Phi) is 3.68. The predicted molar refractivity (Wildman–Crippen MR) is 58.7 cm³/mol. The number of hydrogen-bond acceptors (Lipinski definition) is 3. The minimum Gasteiger partial charge on any atom is -0.478 e. The first-order chi connectivity index (χ1) is 7.08. The molecule has 0 saturated heterocycles. The fourth-order valence-electron chi connectivity index (χ4n) is 1.03. The number of aryl methyl sites for hydroxylation is 1. The van der Waals surface area contributed by atoms with Crippen molar-refractivity contribution in [3.05, 3.63) is 16.5 Å². The van der Waals surface area contributed by atoms with Gasteiger partial charge in [0.05, 0.1) is 5.56 Å². The van der Waals surface area contributed by atoms with Gasteiger partial charge in [0, 0.05) is 11.9 Å². The van der Waals surface area contributed by atoms with E-state index in [0.717, 1.165) is 11.3 Å². The highest BCUT2D eigenvalue weighted by atomic mass is 32.1. The lowest BCUT2D eigenvalue weighted by molar-refractivity contribution is 0.0698. The van der Waals surface area contributed by atoms with Gasteiger partial charge >= 0.3 is 12.0 Å². The number of amides is 2. The van der Waals surface area contributed by atoms with Crippen LogP contribution < -0.4 is 10.6 Å². The van der Waals surface area contributed by atoms with E-state index in [4.69, 9.17) is 5.11 Å². The number of carbonyl (C=O) groups excluding carboxylic acids is 1. The van der Waals surface area contributed by atoms with Crippen molar-refractivity contribution in [1.82, 2.24) is 5.32 Å². The van der Waals surface area contributed by atoms with E-state index in [0.29, 0.717) is 5.00 Å². The quantitative estimate of drug-likeness (QED) is 0.737. The molecule has 3 N–H and O–H groups in total. The largest absolute Gasteiger partial charge is 0.478 e. The monoisotopic (exact) mass is 228 g/mol. The Hall–Kier alpha value is -1.56. The highest BCUT2D eigenvalue weighted by Gasteiger charge is 2.15. The smallest absolute Gasteiger partial charge is 0.338 e. The molecule has 1 rings (SSSR count). The molecule has 0 atom stereocenters. The molecular formula is C9H12N2O3S. The number of hydrogen-bond donors (Lipinski definition) is 3. The molecule has 0 aromatic carbocycles. The summed E-state index contributed by atoms with van der Waals surface area (Å²) in [6.07, 6.45) is 0.750. The van der Waals surface area contributed by atoms with E-state index in [1.165, 1.54) is 18.4 Å². The third kappa shape index (κ3) is 2.69. The van der Waals surface area contributed by atoms with Crippen LogP contribution in [0.25, 0.3) is 0 Å². The highest BCUT2D eigenvalue weighted by Crippen LogP contribution is 2.28. The maximum absolute atomic E-state index is 11.0. The molecular weight excluding hydrogens is 216 g/mol. The Morgan fingerprint density at radius 2 is 2.20 bits per heavy atom. The summed E-state index contributed by atoms with van der Waals surface area (Å²) >= 11 is 1.28. The second-order valence-electron chi connectivity index (χ2n) is 2.82. The van der Waals surface area contributed by atoms with Crippen LogP contribution in [0, 0.1) is 0 Å². The van der Waals surface area contributed by atoms with Crippen LogP contribution in [0.4, 0.5) is 9.80 Å². The molecule has 0 aliphatic heterocycles. The zero-order chi connectivity index (χ0) is 11.4. The standard InChI is InChI=1S/C9H12N2O3S/c1-3-5-4-6(8(12)13)7(15-5)11-9(14)10-2/h4H,3H2,1-2H3,(H,12,13)(H2,10,11,14). The number of carbonyl (C=O) groups is 2. The zero-order valence-electron chi connectivity index (χ0n) is 8.46. The van der Waals surface area contributed by atoms with Crippen LogP contribution in [0.1, 0.15) is 22.2 Å². The van der Waals surface area contributed by atoms with Gasteiger partial charge in [0.25, 0.3) is 0 Å². The molecule has 1 aromatic rings. The molecule has 0 fully saturated rings. The summed E-state index contributed by atoms with van der Waals surface area (Å²) in [6, 6.07) is 1.17. The molecule has 0 spiro atoms. The second-order valence-corrected chi connectivity index (χ2v) is 3.96. The first-order valence-corrected chi connectivity index (χ1v) is 5.24. The predicted octanol–water partition coefficient (Wildman–Crippen LogP) is 1.76. The van der Waals surface area contributed by atoms with Crippen LogP contribution in [-0.2, 0) is 6.42 Å². The van der Waals surface area contributed by atoms with Gasteiger partial charge in [0.1, 0.15) is 5.00 Å². The van der Waals surface area contributed by atoms with Crippen molar-refractivity contribution in [1.29, 1.82) is 0 Å². The van der Waals surface area contributed by atoms with E-state index in [1.54, 1.807) is 6.07 Å². The number of nitrogens with one attached hydrogen (secondary N) is 2. The van der Waals surface area contributed by atoms with Crippen LogP contribution in [0.3, 0.4) is 0 Å². The SMILES string of the molecule is CCc1cc(C(=O)O)c(NC(=O)NC)s1. The van der Waals surface area contributed by atoms with Gasteiger partial charge in [0.2, 0.25) is 0 Å². The van der Waals surface area contributed by atoms with Gasteiger partial charge < -0.3 is 10.4 Å². The van der Waals surface area contributed by atoms with E-state index in [2.05, 4.69) is 10.6 Å². The summed E-state index contributed by atoms with van der Waals surface area (Å²) in [5.74, 6) is -1.03. The Morgan fingerprint density at radius 3 is 2.67 bits per heavy atom. The van der Waals surface area contributed by atoms with E-state index in [9.17, 15) is 9.59 Å². The highest BCUT2D eigenvalue weighted by molar-refractivity contribution is 7.16. The summed E-state index contributed by atoms with van der Waals surface area (Å²) in [4.78, 5) is 22.8. The first kappa shape index (κ1) is 11.5. The van der Waals surface area contributed by atoms with Gasteiger partial charge in [-0.3, -0.25) is 5.32 Å². The van der Waals surface area contributed by atoms with Gasteiger partial charge in [-0.1, -0.05) is 6.92 Å². The first-order valence-electron chi connectivity index (χ1n) is 4.43. The summed E-state index contributed by atoms with van der Waals surface area (Å²) in [5.41, 5.74) is 0.139. The number of carboxylic acids is 1. The molecule has 5 nitrogen and oxygen atoms in total. The van der Waals surface area contributed by atoms with Crippen molar-refractivity contribution in [2.45, 2.75) is 13.3 Å². The maximum atomic E-state index is 11.0. The Bertz CT molecular complexity index is 387. The van der Waals surface area contributed by atoms with Crippen molar-refractivity contribution in [3.63, 3.8) is 0 Å². The lowest BCUT2D eigenvalue weighted by atomic mass is 10.2. The van der Waals surface area contributed by atoms with Crippen molar-refractivity contribution in [2.24, 2.45) is 0 Å². The van der Waals surface area contributed by atoms with Crippen LogP contribution in [-0.4, -0.2) is 24.2 Å². The maximum Gasteiger partial charge on any atom is 0.338 e. The zero-order valence-corrected chi connectivity index (χ0v) is 9.27. The number of carboxylic acid groups (broad SMARTS) is 1. The lowest BCUT2D eigenvalue weighted by Gasteiger charge is -2.01. The van der Waals surface area contributed by atoms with Crippen molar-refractivity contribution in [3.8, 4) is 0 Å². The van der Waals surface area contributed by atoms with Crippen LogP contribution in [0.5, 0.6) is 0 Å². The van der Waals surface area contributed by atoms with Crippen LogP contribution in [0.15, 0.2) is 6.07 Å². The molecule has 0 aliphatic carbocycles.